The summed E-state index contributed by atoms with van der Waals surface area (Å²) < 4.78 is 0. The summed E-state index contributed by atoms with van der Waals surface area (Å²) in [5.74, 6) is 1.08. The summed E-state index contributed by atoms with van der Waals surface area (Å²) in [5.41, 5.74) is 2.28. The Kier molecular flexibility index (Phi) is 4.10. The number of aryl methyl sites for hydroxylation is 1. The van der Waals surface area contributed by atoms with E-state index < -0.39 is 0 Å². The topological polar surface area (TPSA) is 52.2 Å². The van der Waals surface area contributed by atoms with Crippen molar-refractivity contribution in [2.24, 2.45) is 5.92 Å². The van der Waals surface area contributed by atoms with Gasteiger partial charge in [0.15, 0.2) is 5.82 Å². The Hall–Kier alpha value is -2.14. The predicted octanol–water partition coefficient (Wildman–Crippen LogP) is 2.45. The number of carbonyl (C=O) groups excluding carboxylic acids is 1. The molecule has 1 amide bonds. The molecule has 1 N–H and O–H groups in total. The molecule has 0 saturated carbocycles. The van der Waals surface area contributed by atoms with Crippen molar-refractivity contribution in [3.8, 4) is 0 Å². The number of nitrogens with zero attached hydrogens (tertiary/aromatic N) is 3. The van der Waals surface area contributed by atoms with Crippen LogP contribution in [0.1, 0.15) is 34.7 Å². The van der Waals surface area contributed by atoms with Crippen LogP contribution in [-0.4, -0.2) is 51.4 Å². The first-order valence-corrected chi connectivity index (χ1v) is 8.78. The van der Waals surface area contributed by atoms with Crippen molar-refractivity contribution in [2.75, 3.05) is 19.6 Å². The zero-order valence-electron chi connectivity index (χ0n) is 14.1. The highest BCUT2D eigenvalue weighted by molar-refractivity contribution is 5.90. The van der Waals surface area contributed by atoms with E-state index in [1.807, 2.05) is 11.8 Å². The lowest BCUT2D eigenvalue weighted by molar-refractivity contribution is 0.0725. The number of amides is 1. The van der Waals surface area contributed by atoms with Gasteiger partial charge in [-0.05, 0) is 31.2 Å². The van der Waals surface area contributed by atoms with Crippen molar-refractivity contribution >= 4 is 5.91 Å². The van der Waals surface area contributed by atoms with Gasteiger partial charge in [0, 0.05) is 44.1 Å². The highest BCUT2D eigenvalue weighted by atomic mass is 16.2. The minimum atomic E-state index is 0.0431. The molecule has 24 heavy (non-hydrogen) atoms. The van der Waals surface area contributed by atoms with Crippen LogP contribution in [0.5, 0.6) is 0 Å². The van der Waals surface area contributed by atoms with E-state index in [0.29, 0.717) is 17.8 Å². The standard InChI is InChI=1S/C19H24N4O/c1-14-9-20-18(21-14)19(24)23-12-16-7-8-17(13-23)22(11-16)10-15-5-3-2-4-6-15/h2-6,9,16-17H,7-8,10-13H2,1H3,(H,20,21)/t16-,17-/m0/s1. The maximum atomic E-state index is 12.8. The maximum Gasteiger partial charge on any atom is 0.289 e. The van der Waals surface area contributed by atoms with Crippen molar-refractivity contribution < 1.29 is 4.79 Å². The van der Waals surface area contributed by atoms with Crippen LogP contribution < -0.4 is 0 Å². The summed E-state index contributed by atoms with van der Waals surface area (Å²) in [4.78, 5) is 24.6. The zero-order valence-corrected chi connectivity index (χ0v) is 14.1. The zero-order chi connectivity index (χ0) is 16.5. The first kappa shape index (κ1) is 15.4. The summed E-state index contributed by atoms with van der Waals surface area (Å²) in [5, 5.41) is 0. The smallest absolute Gasteiger partial charge is 0.289 e. The minimum Gasteiger partial charge on any atom is -0.338 e. The van der Waals surface area contributed by atoms with Crippen LogP contribution >= 0.6 is 0 Å². The summed E-state index contributed by atoms with van der Waals surface area (Å²) in [6.07, 6.45) is 4.12. The van der Waals surface area contributed by atoms with E-state index in [1.54, 1.807) is 6.20 Å². The van der Waals surface area contributed by atoms with Gasteiger partial charge in [0.2, 0.25) is 0 Å². The first-order valence-electron chi connectivity index (χ1n) is 8.78. The fraction of sp³-hybridized carbons (Fsp3) is 0.474. The van der Waals surface area contributed by atoms with Crippen LogP contribution in [0.3, 0.4) is 0 Å². The number of imidazole rings is 1. The van der Waals surface area contributed by atoms with E-state index in [9.17, 15) is 4.79 Å². The molecular weight excluding hydrogens is 300 g/mol. The third-order valence-corrected chi connectivity index (χ3v) is 5.25. The second-order valence-corrected chi connectivity index (χ2v) is 7.14. The lowest BCUT2D eigenvalue weighted by atomic mass is 9.94. The third-order valence-electron chi connectivity index (χ3n) is 5.25. The van der Waals surface area contributed by atoms with Crippen molar-refractivity contribution in [3.63, 3.8) is 0 Å². The number of nitrogens with one attached hydrogen (secondary N) is 1. The van der Waals surface area contributed by atoms with Crippen LogP contribution in [0.25, 0.3) is 0 Å². The quantitative estimate of drug-likeness (QED) is 0.943. The van der Waals surface area contributed by atoms with E-state index in [1.165, 1.54) is 18.4 Å². The summed E-state index contributed by atoms with van der Waals surface area (Å²) in [6, 6.07) is 11.1. The molecule has 3 aliphatic rings. The molecule has 0 radical (unpaired) electrons. The number of H-pyrrole nitrogens is 1. The summed E-state index contributed by atoms with van der Waals surface area (Å²) >= 11 is 0. The Bertz CT molecular complexity index is 711. The van der Waals surface area contributed by atoms with Gasteiger partial charge < -0.3 is 9.88 Å². The minimum absolute atomic E-state index is 0.0431. The fourth-order valence-electron chi connectivity index (χ4n) is 4.03. The van der Waals surface area contributed by atoms with Crippen molar-refractivity contribution in [1.29, 1.82) is 0 Å². The third kappa shape index (κ3) is 3.08. The van der Waals surface area contributed by atoms with Crippen molar-refractivity contribution in [2.45, 2.75) is 32.4 Å². The Balaban J connectivity index is 1.49. The van der Waals surface area contributed by atoms with Gasteiger partial charge in [0.25, 0.3) is 5.91 Å². The molecule has 2 bridgehead atoms. The van der Waals surface area contributed by atoms with Gasteiger partial charge in [0.1, 0.15) is 0 Å². The summed E-state index contributed by atoms with van der Waals surface area (Å²) in [6.45, 7) is 5.64. The Morgan fingerprint density at radius 1 is 1.21 bits per heavy atom. The number of aromatic amines is 1. The number of fused-ring (bicyclic) bond motifs is 4. The average Bonchev–Trinajstić information content (AvgIpc) is 2.83. The number of rotatable bonds is 3. The number of aromatic nitrogens is 2. The lowest BCUT2D eigenvalue weighted by Gasteiger charge is -2.36. The molecule has 5 nitrogen and oxygen atoms in total. The second kappa shape index (κ2) is 6.40. The molecule has 2 aromatic rings. The normalized spacial score (nSPS) is 24.1. The SMILES string of the molecule is Cc1cnc(C(=O)N2C[C@H]3CC[C@@H](C2)N(Cc2ccccc2)C3)[nH]1. The number of hydrogen-bond acceptors (Lipinski definition) is 3. The number of benzene rings is 1. The van der Waals surface area contributed by atoms with Crippen LogP contribution in [0.2, 0.25) is 0 Å². The van der Waals surface area contributed by atoms with Gasteiger partial charge in [-0.2, -0.15) is 0 Å². The molecule has 1 aromatic heterocycles. The molecule has 1 aromatic carbocycles. The maximum absolute atomic E-state index is 12.8. The molecule has 5 rings (SSSR count). The van der Waals surface area contributed by atoms with Crippen LogP contribution in [0, 0.1) is 12.8 Å². The fourth-order valence-corrected chi connectivity index (χ4v) is 4.03. The molecule has 0 aliphatic carbocycles. The van der Waals surface area contributed by atoms with E-state index in [0.717, 1.165) is 31.9 Å². The van der Waals surface area contributed by atoms with Gasteiger partial charge >= 0.3 is 0 Å². The van der Waals surface area contributed by atoms with E-state index in [2.05, 4.69) is 45.2 Å². The number of hydrogen-bond donors (Lipinski definition) is 1. The van der Waals surface area contributed by atoms with Gasteiger partial charge in [0.05, 0.1) is 0 Å². The molecular formula is C19H24N4O. The van der Waals surface area contributed by atoms with Gasteiger partial charge in [-0.3, -0.25) is 9.69 Å². The Labute approximate surface area is 142 Å². The second-order valence-electron chi connectivity index (χ2n) is 7.14. The Morgan fingerprint density at radius 2 is 2.04 bits per heavy atom. The molecule has 0 spiro atoms. The van der Waals surface area contributed by atoms with Gasteiger partial charge in [-0.1, -0.05) is 30.3 Å². The molecule has 5 heteroatoms. The van der Waals surface area contributed by atoms with Crippen LogP contribution in [0.15, 0.2) is 36.5 Å². The number of piperidine rings is 1. The molecule has 3 fully saturated rings. The monoisotopic (exact) mass is 324 g/mol. The largest absolute Gasteiger partial charge is 0.338 e. The average molecular weight is 324 g/mol. The summed E-state index contributed by atoms with van der Waals surface area (Å²) in [7, 11) is 0. The lowest BCUT2D eigenvalue weighted by Crippen LogP contribution is -2.44. The van der Waals surface area contributed by atoms with Crippen molar-refractivity contribution in [3.05, 3.63) is 53.6 Å². The number of carbonyl (C=O) groups is 1. The first-order chi connectivity index (χ1) is 11.7. The van der Waals surface area contributed by atoms with Crippen LogP contribution in [0.4, 0.5) is 0 Å². The van der Waals surface area contributed by atoms with Gasteiger partial charge in [-0.15, -0.1) is 0 Å². The molecule has 0 unspecified atom stereocenters. The molecule has 3 saturated heterocycles. The molecule has 4 heterocycles. The molecule has 2 atom stereocenters. The van der Waals surface area contributed by atoms with Gasteiger partial charge in [-0.25, -0.2) is 4.98 Å². The highest BCUT2D eigenvalue weighted by Crippen LogP contribution is 2.29. The predicted molar refractivity (Wildman–Crippen MR) is 92.6 cm³/mol. The van der Waals surface area contributed by atoms with E-state index in [-0.39, 0.29) is 5.91 Å². The molecule has 126 valence electrons. The van der Waals surface area contributed by atoms with E-state index in [4.69, 9.17) is 0 Å². The highest BCUT2D eigenvalue weighted by Gasteiger charge is 2.37. The molecule has 3 aliphatic heterocycles. The van der Waals surface area contributed by atoms with Crippen LogP contribution in [-0.2, 0) is 6.54 Å². The Morgan fingerprint density at radius 3 is 2.79 bits per heavy atom. The van der Waals surface area contributed by atoms with E-state index >= 15 is 0 Å². The van der Waals surface area contributed by atoms with Crippen molar-refractivity contribution in [1.82, 2.24) is 19.8 Å².